The normalized spacial score (nSPS) is 16.7. The van der Waals surface area contributed by atoms with Crippen LogP contribution < -0.4 is 5.32 Å². The number of carbonyl (C=O) groups excluding carboxylic acids is 1. The maximum atomic E-state index is 12.0. The van der Waals surface area contributed by atoms with Gasteiger partial charge in [-0.3, -0.25) is 9.89 Å². The van der Waals surface area contributed by atoms with Crippen molar-refractivity contribution in [2.75, 3.05) is 26.2 Å². The number of aliphatic hydroxyl groups excluding tert-OH is 1. The molecule has 2 N–H and O–H groups in total. The Hall–Kier alpha value is -1.30. The van der Waals surface area contributed by atoms with E-state index in [1.807, 2.05) is 34.6 Å². The van der Waals surface area contributed by atoms with Crippen LogP contribution in [0.25, 0.3) is 0 Å². The summed E-state index contributed by atoms with van der Waals surface area (Å²) >= 11 is 0. The zero-order valence-electron chi connectivity index (χ0n) is 13.2. The highest BCUT2D eigenvalue weighted by molar-refractivity contribution is 5.88. The Kier molecular flexibility index (Phi) is 5.39. The second-order valence-corrected chi connectivity index (χ2v) is 6.71. The van der Waals surface area contributed by atoms with Crippen molar-refractivity contribution < 1.29 is 14.6 Å². The SMILES string of the molecule is CC(C)(CCO)NC1=NCCN(C(=O)OC(C)(C)C)C1. The molecule has 1 amide bonds. The van der Waals surface area contributed by atoms with E-state index in [2.05, 4.69) is 10.3 Å². The van der Waals surface area contributed by atoms with Crippen LogP contribution >= 0.6 is 0 Å². The number of hydrogen-bond donors (Lipinski definition) is 2. The van der Waals surface area contributed by atoms with Gasteiger partial charge in [0.2, 0.25) is 0 Å². The van der Waals surface area contributed by atoms with E-state index in [-0.39, 0.29) is 18.2 Å². The molecule has 6 heteroatoms. The van der Waals surface area contributed by atoms with Crippen molar-refractivity contribution in [2.45, 2.75) is 52.2 Å². The first-order valence-electron chi connectivity index (χ1n) is 7.03. The van der Waals surface area contributed by atoms with Gasteiger partial charge in [0.05, 0.1) is 13.1 Å². The van der Waals surface area contributed by atoms with Crippen molar-refractivity contribution in [2.24, 2.45) is 4.99 Å². The maximum Gasteiger partial charge on any atom is 0.410 e. The monoisotopic (exact) mass is 285 g/mol. The second kappa shape index (κ2) is 6.43. The van der Waals surface area contributed by atoms with Crippen molar-refractivity contribution in [3.8, 4) is 0 Å². The smallest absolute Gasteiger partial charge is 0.410 e. The molecule has 20 heavy (non-hydrogen) atoms. The van der Waals surface area contributed by atoms with Gasteiger partial charge in [0, 0.05) is 18.7 Å². The van der Waals surface area contributed by atoms with Gasteiger partial charge in [0.25, 0.3) is 0 Å². The molecule has 0 aromatic carbocycles. The molecule has 1 rings (SSSR count). The van der Waals surface area contributed by atoms with Gasteiger partial charge in [-0.2, -0.15) is 0 Å². The molecule has 1 aliphatic rings. The summed E-state index contributed by atoms with van der Waals surface area (Å²) in [5.74, 6) is 0.764. The third kappa shape index (κ3) is 5.77. The van der Waals surface area contributed by atoms with Crippen LogP contribution in [0.5, 0.6) is 0 Å². The fraction of sp³-hybridized carbons (Fsp3) is 0.857. The highest BCUT2D eigenvalue weighted by atomic mass is 16.6. The lowest BCUT2D eigenvalue weighted by molar-refractivity contribution is 0.0275. The van der Waals surface area contributed by atoms with Gasteiger partial charge in [0.15, 0.2) is 0 Å². The standard InChI is InChI=1S/C14H27N3O3/c1-13(2,3)20-12(19)17-8-7-15-11(10-17)16-14(4,5)6-9-18/h18H,6-10H2,1-5H3,(H,15,16). The Morgan fingerprint density at radius 2 is 2.05 bits per heavy atom. The Labute approximate surface area is 121 Å². The van der Waals surface area contributed by atoms with Crippen LogP contribution in [0, 0.1) is 0 Å². The second-order valence-electron chi connectivity index (χ2n) is 6.71. The van der Waals surface area contributed by atoms with Crippen molar-refractivity contribution in [1.29, 1.82) is 0 Å². The number of carbonyl (C=O) groups is 1. The number of amidine groups is 1. The molecule has 1 aliphatic heterocycles. The Morgan fingerprint density at radius 1 is 1.40 bits per heavy atom. The van der Waals surface area contributed by atoms with E-state index >= 15 is 0 Å². The quantitative estimate of drug-likeness (QED) is 0.821. The number of hydrogen-bond acceptors (Lipinski definition) is 5. The lowest BCUT2D eigenvalue weighted by Gasteiger charge is -2.33. The Morgan fingerprint density at radius 3 is 2.60 bits per heavy atom. The molecule has 0 saturated carbocycles. The van der Waals surface area contributed by atoms with E-state index in [1.165, 1.54) is 0 Å². The lowest BCUT2D eigenvalue weighted by atomic mass is 10.0. The molecule has 0 aliphatic carbocycles. The molecule has 1 heterocycles. The van der Waals surface area contributed by atoms with Crippen molar-refractivity contribution in [3.05, 3.63) is 0 Å². The van der Waals surface area contributed by atoms with Gasteiger partial charge >= 0.3 is 6.09 Å². The Bertz CT molecular complexity index is 372. The number of amides is 1. The van der Waals surface area contributed by atoms with Crippen LogP contribution in [0.4, 0.5) is 4.79 Å². The molecule has 0 aromatic rings. The number of aliphatic imine (C=N–C) groups is 1. The van der Waals surface area contributed by atoms with Gasteiger partial charge in [-0.1, -0.05) is 0 Å². The van der Waals surface area contributed by atoms with Gasteiger partial charge in [-0.15, -0.1) is 0 Å². The van der Waals surface area contributed by atoms with Crippen molar-refractivity contribution in [3.63, 3.8) is 0 Å². The first-order chi connectivity index (χ1) is 9.13. The summed E-state index contributed by atoms with van der Waals surface area (Å²) in [4.78, 5) is 18.1. The van der Waals surface area contributed by atoms with Crippen LogP contribution in [0.2, 0.25) is 0 Å². The highest BCUT2D eigenvalue weighted by Crippen LogP contribution is 2.12. The van der Waals surface area contributed by atoms with E-state index in [9.17, 15) is 4.79 Å². The fourth-order valence-corrected chi connectivity index (χ4v) is 1.91. The summed E-state index contributed by atoms with van der Waals surface area (Å²) in [6, 6.07) is 0. The summed E-state index contributed by atoms with van der Waals surface area (Å²) in [5, 5.41) is 12.3. The van der Waals surface area contributed by atoms with E-state index in [1.54, 1.807) is 4.90 Å². The minimum Gasteiger partial charge on any atom is -0.444 e. The minimum atomic E-state index is -0.491. The molecule has 6 nitrogen and oxygen atoms in total. The minimum absolute atomic E-state index is 0.114. The third-order valence-electron chi connectivity index (χ3n) is 2.88. The molecule has 0 atom stereocenters. The van der Waals surface area contributed by atoms with Crippen LogP contribution in [-0.2, 0) is 4.74 Å². The first kappa shape index (κ1) is 16.8. The maximum absolute atomic E-state index is 12.0. The van der Waals surface area contributed by atoms with Gasteiger partial charge in [-0.05, 0) is 41.0 Å². The van der Waals surface area contributed by atoms with Crippen molar-refractivity contribution >= 4 is 11.9 Å². The number of rotatable bonds is 3. The van der Waals surface area contributed by atoms with E-state index in [0.717, 1.165) is 5.84 Å². The van der Waals surface area contributed by atoms with Gasteiger partial charge in [0.1, 0.15) is 11.4 Å². The average molecular weight is 285 g/mol. The molecule has 116 valence electrons. The third-order valence-corrected chi connectivity index (χ3v) is 2.88. The van der Waals surface area contributed by atoms with Crippen molar-refractivity contribution in [1.82, 2.24) is 10.2 Å². The van der Waals surface area contributed by atoms with Crippen LogP contribution in [0.15, 0.2) is 4.99 Å². The zero-order chi connectivity index (χ0) is 15.4. The molecule has 0 aromatic heterocycles. The summed E-state index contributed by atoms with van der Waals surface area (Å²) in [5.41, 5.74) is -0.736. The summed E-state index contributed by atoms with van der Waals surface area (Å²) < 4.78 is 5.37. The van der Waals surface area contributed by atoms with E-state index in [0.29, 0.717) is 26.1 Å². The molecule has 0 fully saturated rings. The van der Waals surface area contributed by atoms with Crippen LogP contribution in [0.3, 0.4) is 0 Å². The molecular formula is C14H27N3O3. The molecule has 0 bridgehead atoms. The van der Waals surface area contributed by atoms with Gasteiger partial charge in [-0.25, -0.2) is 4.79 Å². The highest BCUT2D eigenvalue weighted by Gasteiger charge is 2.27. The molecule has 0 saturated heterocycles. The summed E-state index contributed by atoms with van der Waals surface area (Å²) in [6.45, 7) is 11.2. The predicted molar refractivity (Wildman–Crippen MR) is 79.0 cm³/mol. The number of ether oxygens (including phenoxy) is 1. The molecular weight excluding hydrogens is 258 g/mol. The van der Waals surface area contributed by atoms with E-state index in [4.69, 9.17) is 9.84 Å². The zero-order valence-corrected chi connectivity index (χ0v) is 13.2. The summed E-state index contributed by atoms with van der Waals surface area (Å²) in [7, 11) is 0. The van der Waals surface area contributed by atoms with Crippen LogP contribution in [0.1, 0.15) is 41.0 Å². The largest absolute Gasteiger partial charge is 0.444 e. The molecule has 0 unspecified atom stereocenters. The average Bonchev–Trinajstić information content (AvgIpc) is 2.26. The lowest BCUT2D eigenvalue weighted by Crippen LogP contribution is -2.52. The number of aliphatic hydroxyl groups is 1. The number of nitrogens with one attached hydrogen (secondary N) is 1. The molecule has 0 radical (unpaired) electrons. The predicted octanol–water partition coefficient (Wildman–Crippen LogP) is 1.39. The fourth-order valence-electron chi connectivity index (χ4n) is 1.91. The Balaban J connectivity index is 2.58. The van der Waals surface area contributed by atoms with E-state index < -0.39 is 5.60 Å². The van der Waals surface area contributed by atoms with Gasteiger partial charge < -0.3 is 15.2 Å². The topological polar surface area (TPSA) is 74.2 Å². The summed E-state index contributed by atoms with van der Waals surface area (Å²) in [6.07, 6.45) is 0.310. The van der Waals surface area contributed by atoms with Crippen LogP contribution in [-0.4, -0.2) is 59.3 Å². The first-order valence-corrected chi connectivity index (χ1v) is 7.03. The molecule has 0 spiro atoms. The number of nitrogens with zero attached hydrogens (tertiary/aromatic N) is 2.